The summed E-state index contributed by atoms with van der Waals surface area (Å²) in [6.45, 7) is 3.86. The van der Waals surface area contributed by atoms with Crippen LogP contribution in [0.5, 0.6) is 0 Å². The lowest BCUT2D eigenvalue weighted by molar-refractivity contribution is 0.0120. The van der Waals surface area contributed by atoms with E-state index < -0.39 is 9.84 Å². The number of benzene rings is 1. The molecule has 1 atom stereocenters. The topological polar surface area (TPSA) is 55.4 Å². The summed E-state index contributed by atoms with van der Waals surface area (Å²) in [5.41, 5.74) is 3.79. The van der Waals surface area contributed by atoms with E-state index >= 15 is 0 Å². The molecule has 0 heterocycles. The van der Waals surface area contributed by atoms with Crippen LogP contribution in [-0.4, -0.2) is 26.0 Å². The third-order valence-corrected chi connectivity index (χ3v) is 4.20. The van der Waals surface area contributed by atoms with Gasteiger partial charge in [-0.2, -0.15) is 5.48 Å². The highest BCUT2D eigenvalue weighted by Crippen LogP contribution is 2.00. The van der Waals surface area contributed by atoms with E-state index in [2.05, 4.69) is 5.48 Å². The van der Waals surface area contributed by atoms with E-state index in [0.29, 0.717) is 6.61 Å². The Balaban J connectivity index is 2.28. The molecule has 0 aromatic heterocycles. The van der Waals surface area contributed by atoms with Crippen LogP contribution in [0.4, 0.5) is 0 Å². The first-order valence-electron chi connectivity index (χ1n) is 5.65. The third-order valence-electron chi connectivity index (χ3n) is 2.31. The summed E-state index contributed by atoms with van der Waals surface area (Å²) in [4.78, 5) is 5.26. The second-order valence-electron chi connectivity index (χ2n) is 3.99. The van der Waals surface area contributed by atoms with Crippen molar-refractivity contribution in [2.75, 3.05) is 11.5 Å². The van der Waals surface area contributed by atoms with E-state index in [0.717, 1.165) is 5.56 Å². The van der Waals surface area contributed by atoms with Crippen LogP contribution < -0.4 is 5.48 Å². The smallest absolute Gasteiger partial charge is 0.151 e. The van der Waals surface area contributed by atoms with Gasteiger partial charge in [-0.15, -0.1) is 0 Å². The van der Waals surface area contributed by atoms with E-state index in [1.54, 1.807) is 13.8 Å². The molecule has 0 aliphatic rings. The van der Waals surface area contributed by atoms with Crippen molar-refractivity contribution in [1.82, 2.24) is 5.48 Å². The number of hydroxylamine groups is 1. The van der Waals surface area contributed by atoms with Gasteiger partial charge in [-0.1, -0.05) is 37.3 Å². The predicted molar refractivity (Wildman–Crippen MR) is 68.2 cm³/mol. The van der Waals surface area contributed by atoms with Gasteiger partial charge in [0.25, 0.3) is 0 Å². The molecule has 4 nitrogen and oxygen atoms in total. The normalized spacial score (nSPS) is 13.5. The fourth-order valence-corrected chi connectivity index (χ4v) is 2.44. The molecule has 0 amide bonds. The highest BCUT2D eigenvalue weighted by Gasteiger charge is 2.13. The molecule has 0 aliphatic heterocycles. The number of rotatable bonds is 7. The zero-order valence-electron chi connectivity index (χ0n) is 10.2. The Kier molecular flexibility index (Phi) is 5.61. The summed E-state index contributed by atoms with van der Waals surface area (Å²) >= 11 is 0. The van der Waals surface area contributed by atoms with E-state index in [-0.39, 0.29) is 17.5 Å². The minimum absolute atomic E-state index is 0.0955. The fraction of sp³-hybridized carbons (Fsp3) is 0.500. The Labute approximate surface area is 103 Å². The van der Waals surface area contributed by atoms with E-state index in [1.165, 1.54) is 0 Å². The molecule has 0 aliphatic carbocycles. The first-order valence-corrected chi connectivity index (χ1v) is 7.47. The Morgan fingerprint density at radius 2 is 1.94 bits per heavy atom. The Morgan fingerprint density at radius 3 is 2.53 bits per heavy atom. The average Bonchev–Trinajstić information content (AvgIpc) is 2.30. The quantitative estimate of drug-likeness (QED) is 0.753. The summed E-state index contributed by atoms with van der Waals surface area (Å²) in [6, 6.07) is 9.51. The largest absolute Gasteiger partial charge is 0.297 e. The molecular formula is C12H19NO3S. The Morgan fingerprint density at radius 1 is 1.29 bits per heavy atom. The van der Waals surface area contributed by atoms with Crippen molar-refractivity contribution >= 4 is 9.84 Å². The van der Waals surface area contributed by atoms with Gasteiger partial charge in [0.05, 0.1) is 12.4 Å². The van der Waals surface area contributed by atoms with E-state index in [9.17, 15) is 8.42 Å². The van der Waals surface area contributed by atoms with Crippen LogP contribution in [0.1, 0.15) is 19.4 Å². The molecule has 96 valence electrons. The maximum atomic E-state index is 11.3. The van der Waals surface area contributed by atoms with Gasteiger partial charge in [-0.3, -0.25) is 4.84 Å². The molecule has 1 aromatic rings. The van der Waals surface area contributed by atoms with Gasteiger partial charge in [0.1, 0.15) is 0 Å². The molecule has 0 spiro atoms. The number of nitrogens with one attached hydrogen (secondary N) is 1. The van der Waals surface area contributed by atoms with E-state index in [4.69, 9.17) is 4.84 Å². The molecule has 5 heteroatoms. The lowest BCUT2D eigenvalue weighted by Gasteiger charge is -2.13. The van der Waals surface area contributed by atoms with Crippen molar-refractivity contribution in [1.29, 1.82) is 0 Å². The summed E-state index contributed by atoms with van der Waals surface area (Å²) < 4.78 is 22.7. The number of hydrogen-bond acceptors (Lipinski definition) is 4. The lowest BCUT2D eigenvalue weighted by atomic mass is 10.2. The zero-order valence-corrected chi connectivity index (χ0v) is 11.0. The van der Waals surface area contributed by atoms with Crippen LogP contribution in [0, 0.1) is 0 Å². The second kappa shape index (κ2) is 6.74. The van der Waals surface area contributed by atoms with Gasteiger partial charge < -0.3 is 0 Å². The molecular weight excluding hydrogens is 238 g/mol. The van der Waals surface area contributed by atoms with Crippen molar-refractivity contribution in [3.05, 3.63) is 35.9 Å². The SMILES string of the molecule is CCS(=O)(=O)CC(C)NOCc1ccccc1. The minimum atomic E-state index is -2.96. The molecule has 0 radical (unpaired) electrons. The lowest BCUT2D eigenvalue weighted by Crippen LogP contribution is -2.33. The van der Waals surface area contributed by atoms with Gasteiger partial charge in [0, 0.05) is 11.8 Å². The van der Waals surface area contributed by atoms with Gasteiger partial charge in [0.15, 0.2) is 9.84 Å². The standard InChI is InChI=1S/C12H19NO3S/c1-3-17(14,15)10-11(2)13-16-9-12-7-5-4-6-8-12/h4-8,11,13H,3,9-10H2,1-2H3. The molecule has 1 aromatic carbocycles. The molecule has 0 bridgehead atoms. The van der Waals surface area contributed by atoms with Gasteiger partial charge in [-0.25, -0.2) is 8.42 Å². The minimum Gasteiger partial charge on any atom is -0.297 e. The summed E-state index contributed by atoms with van der Waals surface area (Å²) in [5, 5.41) is 0. The monoisotopic (exact) mass is 257 g/mol. The first-order chi connectivity index (χ1) is 8.03. The molecule has 0 saturated carbocycles. The van der Waals surface area contributed by atoms with Crippen molar-refractivity contribution in [2.45, 2.75) is 26.5 Å². The Bertz CT molecular complexity index is 417. The number of hydrogen-bond donors (Lipinski definition) is 1. The molecule has 1 rings (SSSR count). The summed E-state index contributed by atoms with van der Waals surface area (Å²) in [6.07, 6.45) is 0. The van der Waals surface area contributed by atoms with Crippen molar-refractivity contribution in [2.24, 2.45) is 0 Å². The molecule has 1 unspecified atom stereocenters. The average molecular weight is 257 g/mol. The van der Waals surface area contributed by atoms with Gasteiger partial charge in [0.2, 0.25) is 0 Å². The number of sulfone groups is 1. The maximum absolute atomic E-state index is 11.3. The van der Waals surface area contributed by atoms with Crippen molar-refractivity contribution < 1.29 is 13.3 Å². The zero-order chi connectivity index (χ0) is 12.7. The highest BCUT2D eigenvalue weighted by atomic mass is 32.2. The fourth-order valence-electron chi connectivity index (χ4n) is 1.37. The summed E-state index contributed by atoms with van der Waals surface area (Å²) in [5.74, 6) is 0.260. The Hall–Kier alpha value is -0.910. The second-order valence-corrected chi connectivity index (χ2v) is 6.39. The maximum Gasteiger partial charge on any atom is 0.151 e. The summed E-state index contributed by atoms with van der Waals surface area (Å²) in [7, 11) is -2.96. The van der Waals surface area contributed by atoms with Crippen LogP contribution in [0.25, 0.3) is 0 Å². The van der Waals surface area contributed by atoms with E-state index in [1.807, 2.05) is 30.3 Å². The van der Waals surface area contributed by atoms with Crippen molar-refractivity contribution in [3.63, 3.8) is 0 Å². The molecule has 0 saturated heterocycles. The van der Waals surface area contributed by atoms with Crippen molar-refractivity contribution in [3.8, 4) is 0 Å². The molecule has 17 heavy (non-hydrogen) atoms. The van der Waals surface area contributed by atoms with Crippen LogP contribution >= 0.6 is 0 Å². The van der Waals surface area contributed by atoms with Crippen LogP contribution in [0.2, 0.25) is 0 Å². The van der Waals surface area contributed by atoms with Crippen LogP contribution in [0.3, 0.4) is 0 Å². The first kappa shape index (κ1) is 14.2. The van der Waals surface area contributed by atoms with Gasteiger partial charge >= 0.3 is 0 Å². The van der Waals surface area contributed by atoms with Crippen LogP contribution in [0.15, 0.2) is 30.3 Å². The van der Waals surface area contributed by atoms with Crippen LogP contribution in [-0.2, 0) is 21.3 Å². The predicted octanol–water partition coefficient (Wildman–Crippen LogP) is 1.53. The molecule has 0 fully saturated rings. The third kappa shape index (κ3) is 5.81. The molecule has 1 N–H and O–H groups in total. The van der Waals surface area contributed by atoms with Gasteiger partial charge in [-0.05, 0) is 12.5 Å². The highest BCUT2D eigenvalue weighted by molar-refractivity contribution is 7.91.